The van der Waals surface area contributed by atoms with Gasteiger partial charge in [-0.25, -0.2) is 0 Å². The molecule has 130 valence electrons. The third-order valence-electron chi connectivity index (χ3n) is 3.70. The Kier molecular flexibility index (Phi) is 5.62. The van der Waals surface area contributed by atoms with Crippen LogP contribution in [0.4, 0.5) is 10.8 Å². The maximum atomic E-state index is 11.5. The molecule has 0 spiro atoms. The zero-order valence-electron chi connectivity index (χ0n) is 14.3. The van der Waals surface area contributed by atoms with Crippen LogP contribution in [0.1, 0.15) is 24.5 Å². The Balaban J connectivity index is 1.92. The monoisotopic (exact) mass is 363 g/mol. The Bertz CT molecular complexity index is 914. The van der Waals surface area contributed by atoms with Crippen LogP contribution in [-0.4, -0.2) is 11.0 Å². The second-order valence-corrected chi connectivity index (χ2v) is 6.36. The van der Waals surface area contributed by atoms with Gasteiger partial charge < -0.3 is 9.64 Å². The molecule has 0 unspecified atom stereocenters. The van der Waals surface area contributed by atoms with Crippen molar-refractivity contribution < 1.29 is 9.53 Å². The molecule has 3 aromatic rings. The van der Waals surface area contributed by atoms with Crippen LogP contribution in [0.3, 0.4) is 0 Å². The summed E-state index contributed by atoms with van der Waals surface area (Å²) in [6.45, 7) is 2.36. The van der Waals surface area contributed by atoms with Gasteiger partial charge in [0.25, 0.3) is 0 Å². The average Bonchev–Trinajstić information content (AvgIpc) is 3.15. The highest BCUT2D eigenvalue weighted by Crippen LogP contribution is 2.32. The minimum Gasteiger partial charge on any atom is -0.406 e. The number of ether oxygens (including phenoxy) is 1. The highest BCUT2D eigenvalue weighted by molar-refractivity contribution is 7.14. The van der Waals surface area contributed by atoms with Crippen molar-refractivity contribution in [2.45, 2.75) is 19.9 Å². The number of hydrogen-bond acceptors (Lipinski definition) is 6. The molecule has 26 heavy (non-hydrogen) atoms. The minimum absolute atomic E-state index is 0.302. The van der Waals surface area contributed by atoms with E-state index in [1.807, 2.05) is 47.4 Å². The number of aromatic nitrogens is 1. The highest BCUT2D eigenvalue weighted by Gasteiger charge is 2.16. The number of carbonyl (C=O) groups excluding carboxylic acids is 1. The van der Waals surface area contributed by atoms with E-state index in [2.05, 4.69) is 11.1 Å². The fraction of sp³-hybridized carbons (Fsp3) is 0.150. The molecule has 0 bridgehead atoms. The molecular weight excluding hydrogens is 346 g/mol. The van der Waals surface area contributed by atoms with Gasteiger partial charge in [0.1, 0.15) is 0 Å². The van der Waals surface area contributed by atoms with Crippen molar-refractivity contribution >= 4 is 28.1 Å². The third-order valence-corrected chi connectivity index (χ3v) is 4.54. The first-order valence-corrected chi connectivity index (χ1v) is 9.05. The maximum absolute atomic E-state index is 11.5. The quantitative estimate of drug-likeness (QED) is 0.596. The van der Waals surface area contributed by atoms with Gasteiger partial charge in [0.15, 0.2) is 5.13 Å². The molecule has 0 N–H and O–H groups in total. The number of rotatable bonds is 6. The molecule has 5 nitrogen and oxygen atoms in total. The van der Waals surface area contributed by atoms with E-state index in [4.69, 9.17) is 10.00 Å². The summed E-state index contributed by atoms with van der Waals surface area (Å²) in [7, 11) is 0. The predicted octanol–water partition coefficient (Wildman–Crippen LogP) is 4.67. The number of hydrogen-bond donors (Lipinski definition) is 0. The second-order valence-electron chi connectivity index (χ2n) is 5.53. The van der Waals surface area contributed by atoms with Crippen molar-refractivity contribution in [3.8, 4) is 11.9 Å². The fourth-order valence-corrected chi connectivity index (χ4v) is 3.11. The van der Waals surface area contributed by atoms with Crippen LogP contribution in [0.15, 0.2) is 60.0 Å². The van der Waals surface area contributed by atoms with Gasteiger partial charge >= 0.3 is 5.97 Å². The van der Waals surface area contributed by atoms with E-state index < -0.39 is 0 Å². The Morgan fingerprint density at radius 3 is 2.58 bits per heavy atom. The second kappa shape index (κ2) is 8.28. The van der Waals surface area contributed by atoms with Gasteiger partial charge in [-0.1, -0.05) is 37.3 Å². The van der Waals surface area contributed by atoms with E-state index in [9.17, 15) is 4.79 Å². The lowest BCUT2D eigenvalue weighted by molar-refractivity contribution is -0.134. The molecule has 0 radical (unpaired) electrons. The summed E-state index contributed by atoms with van der Waals surface area (Å²) in [5, 5.41) is 11.5. The topological polar surface area (TPSA) is 66.2 Å². The van der Waals surface area contributed by atoms with Crippen molar-refractivity contribution in [2.24, 2.45) is 0 Å². The summed E-state index contributed by atoms with van der Waals surface area (Å²) >= 11 is 1.41. The Hall–Kier alpha value is -3.17. The average molecular weight is 363 g/mol. The predicted molar refractivity (Wildman–Crippen MR) is 101 cm³/mol. The molecule has 0 amide bonds. The molecule has 0 atom stereocenters. The van der Waals surface area contributed by atoms with Crippen LogP contribution in [0.2, 0.25) is 0 Å². The first-order chi connectivity index (χ1) is 12.7. The van der Waals surface area contributed by atoms with Gasteiger partial charge in [-0.15, -0.1) is 11.3 Å². The van der Waals surface area contributed by atoms with Crippen molar-refractivity contribution in [2.75, 3.05) is 4.90 Å². The summed E-state index contributed by atoms with van der Waals surface area (Å²) < 4.78 is 5.21. The third kappa shape index (κ3) is 4.26. The zero-order valence-corrected chi connectivity index (χ0v) is 15.1. The normalized spacial score (nSPS) is 10.2. The summed E-state index contributed by atoms with van der Waals surface area (Å²) in [4.78, 5) is 18.0. The van der Waals surface area contributed by atoms with E-state index in [1.165, 1.54) is 11.3 Å². The standard InChI is InChI=1S/C20H17N3O2S/c1-2-19(24)25-18-14-26-20(22-18)23(13-16-6-4-3-5-7-16)17-10-8-15(12-21)9-11-17/h3-11,14H,2,13H2,1H3. The molecule has 0 saturated heterocycles. The van der Waals surface area contributed by atoms with E-state index in [-0.39, 0.29) is 5.97 Å². The number of nitrogens with zero attached hydrogens (tertiary/aromatic N) is 3. The number of benzene rings is 2. The van der Waals surface area contributed by atoms with Gasteiger partial charge in [0, 0.05) is 12.1 Å². The Morgan fingerprint density at radius 2 is 1.92 bits per heavy atom. The van der Waals surface area contributed by atoms with Crippen molar-refractivity contribution in [3.05, 3.63) is 71.1 Å². The van der Waals surface area contributed by atoms with Crippen molar-refractivity contribution in [1.82, 2.24) is 4.98 Å². The Labute approximate surface area is 156 Å². The molecule has 3 rings (SSSR count). The Morgan fingerprint density at radius 1 is 1.19 bits per heavy atom. The molecule has 0 aliphatic carbocycles. The highest BCUT2D eigenvalue weighted by atomic mass is 32.1. The number of nitriles is 1. The summed E-state index contributed by atoms with van der Waals surface area (Å²) in [6, 6.07) is 19.5. The maximum Gasteiger partial charge on any atom is 0.312 e. The minimum atomic E-state index is -0.310. The lowest BCUT2D eigenvalue weighted by Crippen LogP contribution is -2.16. The van der Waals surface area contributed by atoms with Crippen molar-refractivity contribution in [1.29, 1.82) is 5.26 Å². The number of thiazole rings is 1. The van der Waals surface area contributed by atoms with Gasteiger partial charge in [0.05, 0.1) is 23.6 Å². The molecule has 0 aliphatic rings. The van der Waals surface area contributed by atoms with E-state index in [0.29, 0.717) is 24.4 Å². The fourth-order valence-electron chi connectivity index (χ4n) is 2.36. The summed E-state index contributed by atoms with van der Waals surface area (Å²) in [5.41, 5.74) is 2.64. The zero-order chi connectivity index (χ0) is 18.4. The smallest absolute Gasteiger partial charge is 0.312 e. The largest absolute Gasteiger partial charge is 0.406 e. The van der Waals surface area contributed by atoms with Gasteiger partial charge in [-0.3, -0.25) is 4.79 Å². The SMILES string of the molecule is CCC(=O)Oc1csc(N(Cc2ccccc2)c2ccc(C#N)cc2)n1. The lowest BCUT2D eigenvalue weighted by atomic mass is 10.2. The van der Waals surface area contributed by atoms with Crippen LogP contribution >= 0.6 is 11.3 Å². The molecule has 1 aromatic heterocycles. The first-order valence-electron chi connectivity index (χ1n) is 8.17. The molecule has 0 fully saturated rings. The van der Waals surface area contributed by atoms with Crippen molar-refractivity contribution in [3.63, 3.8) is 0 Å². The number of esters is 1. The lowest BCUT2D eigenvalue weighted by Gasteiger charge is -2.22. The summed E-state index contributed by atoms with van der Waals surface area (Å²) in [5.74, 6) is -0.00149. The van der Waals surface area contributed by atoms with Gasteiger partial charge in [-0.05, 0) is 29.8 Å². The summed E-state index contributed by atoms with van der Waals surface area (Å²) in [6.07, 6.45) is 0.302. The van der Waals surface area contributed by atoms with E-state index in [1.54, 1.807) is 24.4 Å². The van der Waals surface area contributed by atoms with Crippen LogP contribution in [0.25, 0.3) is 0 Å². The van der Waals surface area contributed by atoms with E-state index in [0.717, 1.165) is 16.4 Å². The molecular formula is C20H17N3O2S. The van der Waals surface area contributed by atoms with Gasteiger partial charge in [-0.2, -0.15) is 10.2 Å². The van der Waals surface area contributed by atoms with Crippen LogP contribution in [0.5, 0.6) is 5.88 Å². The van der Waals surface area contributed by atoms with Crippen LogP contribution < -0.4 is 9.64 Å². The molecule has 2 aromatic carbocycles. The van der Waals surface area contributed by atoms with Gasteiger partial charge in [0.2, 0.25) is 5.88 Å². The van der Waals surface area contributed by atoms with Crippen LogP contribution in [-0.2, 0) is 11.3 Å². The number of carbonyl (C=O) groups is 1. The molecule has 1 heterocycles. The van der Waals surface area contributed by atoms with E-state index >= 15 is 0 Å². The number of anilines is 2. The molecule has 0 saturated carbocycles. The first kappa shape index (κ1) is 17.6. The van der Waals surface area contributed by atoms with Crippen LogP contribution in [0, 0.1) is 11.3 Å². The molecule has 6 heteroatoms. The molecule has 0 aliphatic heterocycles.